The molecule has 1 aromatic carbocycles. The summed E-state index contributed by atoms with van der Waals surface area (Å²) in [5, 5.41) is 8.42. The van der Waals surface area contributed by atoms with Crippen LogP contribution in [0, 0.1) is 23.3 Å². The van der Waals surface area contributed by atoms with Gasteiger partial charge in [0.05, 0.1) is 0 Å². The van der Waals surface area contributed by atoms with Crippen molar-refractivity contribution in [1.29, 1.82) is 0 Å². The Balaban J connectivity index is 0.00000256. The van der Waals surface area contributed by atoms with Crippen LogP contribution in [0.5, 0.6) is 0 Å². The fourth-order valence-corrected chi connectivity index (χ4v) is 1.09. The van der Waals surface area contributed by atoms with Crippen molar-refractivity contribution in [2.75, 3.05) is 0 Å². The zero-order valence-electron chi connectivity index (χ0n) is 8.21. The van der Waals surface area contributed by atoms with Gasteiger partial charge in [0.1, 0.15) is 6.04 Å². The first kappa shape index (κ1) is 15.7. The van der Waals surface area contributed by atoms with Gasteiger partial charge in [-0.1, -0.05) is 0 Å². The maximum absolute atomic E-state index is 13.0. The number of benzene rings is 1. The number of hydrogen-bond acceptors (Lipinski definition) is 2. The van der Waals surface area contributed by atoms with Crippen molar-refractivity contribution in [3.63, 3.8) is 0 Å². The first-order chi connectivity index (χ1) is 7.34. The summed E-state index contributed by atoms with van der Waals surface area (Å²) < 4.78 is 51.0. The maximum atomic E-state index is 13.0. The predicted octanol–water partition coefficient (Wildman–Crippen LogP) is 1.62. The first-order valence-electron chi connectivity index (χ1n) is 4.14. The molecule has 3 nitrogen and oxygen atoms in total. The van der Waals surface area contributed by atoms with E-state index in [4.69, 9.17) is 10.8 Å². The molecule has 0 spiro atoms. The Morgan fingerprint density at radius 3 is 2.24 bits per heavy atom. The number of hydrogen-bond donors (Lipinski definition) is 2. The topological polar surface area (TPSA) is 63.3 Å². The lowest BCUT2D eigenvalue weighted by Gasteiger charge is -2.08. The van der Waals surface area contributed by atoms with Gasteiger partial charge in [-0.25, -0.2) is 17.6 Å². The molecule has 0 fully saturated rings. The van der Waals surface area contributed by atoms with Crippen LogP contribution < -0.4 is 5.73 Å². The Morgan fingerprint density at radius 1 is 1.24 bits per heavy atom. The van der Waals surface area contributed by atoms with Gasteiger partial charge < -0.3 is 10.8 Å². The molecular formula is C9H8ClF4NO2. The third kappa shape index (κ3) is 3.31. The molecule has 96 valence electrons. The third-order valence-electron chi connectivity index (χ3n) is 1.93. The van der Waals surface area contributed by atoms with Crippen LogP contribution in [0.4, 0.5) is 17.6 Å². The number of aliphatic carboxylic acids is 1. The van der Waals surface area contributed by atoms with E-state index in [0.29, 0.717) is 6.07 Å². The summed E-state index contributed by atoms with van der Waals surface area (Å²) in [6, 6.07) is -1.13. The van der Waals surface area contributed by atoms with Crippen LogP contribution >= 0.6 is 12.4 Å². The second kappa shape index (κ2) is 5.83. The highest BCUT2D eigenvalue weighted by atomic mass is 35.5. The molecule has 0 aliphatic carbocycles. The lowest BCUT2D eigenvalue weighted by molar-refractivity contribution is -0.138. The Morgan fingerprint density at radius 2 is 1.76 bits per heavy atom. The lowest BCUT2D eigenvalue weighted by Crippen LogP contribution is -2.32. The van der Waals surface area contributed by atoms with Crippen molar-refractivity contribution >= 4 is 18.4 Å². The van der Waals surface area contributed by atoms with Crippen molar-refractivity contribution in [1.82, 2.24) is 0 Å². The minimum absolute atomic E-state index is 0. The van der Waals surface area contributed by atoms with Gasteiger partial charge >= 0.3 is 5.97 Å². The molecule has 0 radical (unpaired) electrons. The van der Waals surface area contributed by atoms with E-state index in [1.165, 1.54) is 0 Å². The molecule has 0 aliphatic rings. The summed E-state index contributed by atoms with van der Waals surface area (Å²) >= 11 is 0. The van der Waals surface area contributed by atoms with Gasteiger partial charge in [0.15, 0.2) is 23.3 Å². The summed E-state index contributed by atoms with van der Waals surface area (Å²) in [5.41, 5.74) is 4.43. The van der Waals surface area contributed by atoms with Gasteiger partial charge in [0, 0.05) is 6.42 Å². The van der Waals surface area contributed by atoms with E-state index in [-0.39, 0.29) is 12.4 Å². The first-order valence-corrected chi connectivity index (χ1v) is 4.14. The highest BCUT2D eigenvalue weighted by Gasteiger charge is 2.22. The minimum Gasteiger partial charge on any atom is -0.480 e. The van der Waals surface area contributed by atoms with Crippen LogP contribution in [0.15, 0.2) is 6.07 Å². The number of nitrogens with two attached hydrogens (primary N) is 1. The molecule has 3 N–H and O–H groups in total. The molecule has 0 amide bonds. The van der Waals surface area contributed by atoms with E-state index in [2.05, 4.69) is 0 Å². The molecule has 1 rings (SSSR count). The van der Waals surface area contributed by atoms with Crippen molar-refractivity contribution in [3.8, 4) is 0 Å². The van der Waals surface area contributed by atoms with E-state index in [1.807, 2.05) is 0 Å². The number of halogens is 5. The van der Waals surface area contributed by atoms with Gasteiger partial charge in [-0.05, 0) is 11.6 Å². The fraction of sp³-hybridized carbons (Fsp3) is 0.222. The van der Waals surface area contributed by atoms with E-state index >= 15 is 0 Å². The molecule has 8 heteroatoms. The van der Waals surface area contributed by atoms with Crippen molar-refractivity contribution in [2.45, 2.75) is 12.5 Å². The average Bonchev–Trinajstić information content (AvgIpc) is 2.22. The summed E-state index contributed by atoms with van der Waals surface area (Å²) in [5.74, 6) is -8.59. The fourth-order valence-electron chi connectivity index (χ4n) is 1.09. The minimum atomic E-state index is -1.98. The molecule has 0 bridgehead atoms. The van der Waals surface area contributed by atoms with E-state index < -0.39 is 47.3 Å². The Hall–Kier alpha value is -1.34. The molecule has 0 saturated carbocycles. The smallest absolute Gasteiger partial charge is 0.320 e. The van der Waals surface area contributed by atoms with Crippen LogP contribution in [0.1, 0.15) is 5.56 Å². The largest absolute Gasteiger partial charge is 0.480 e. The standard InChI is InChI=1S/C9H7F4NO2.ClH/c10-4-1-3(2-5(14)9(15)16)6(11)8(13)7(4)12;/h1,5H,2,14H2,(H,15,16);1H. The van der Waals surface area contributed by atoms with Crippen LogP contribution in [-0.4, -0.2) is 17.1 Å². The van der Waals surface area contributed by atoms with E-state index in [9.17, 15) is 22.4 Å². The zero-order valence-corrected chi connectivity index (χ0v) is 9.03. The molecule has 1 atom stereocenters. The van der Waals surface area contributed by atoms with Gasteiger partial charge in [0.2, 0.25) is 0 Å². The highest BCUT2D eigenvalue weighted by molar-refractivity contribution is 5.85. The highest BCUT2D eigenvalue weighted by Crippen LogP contribution is 2.19. The van der Waals surface area contributed by atoms with Crippen molar-refractivity contribution in [3.05, 3.63) is 34.9 Å². The Kier molecular flexibility index (Phi) is 5.37. The quantitative estimate of drug-likeness (QED) is 0.500. The second-order valence-electron chi connectivity index (χ2n) is 3.11. The monoisotopic (exact) mass is 273 g/mol. The van der Waals surface area contributed by atoms with Crippen LogP contribution in [0.2, 0.25) is 0 Å². The molecule has 0 aromatic heterocycles. The van der Waals surface area contributed by atoms with Gasteiger partial charge in [-0.3, -0.25) is 4.79 Å². The van der Waals surface area contributed by atoms with Gasteiger partial charge in [-0.15, -0.1) is 12.4 Å². The zero-order chi connectivity index (χ0) is 12.5. The summed E-state index contributed by atoms with van der Waals surface area (Å²) in [4.78, 5) is 10.3. The molecule has 0 heterocycles. The molecule has 1 aromatic rings. The number of carbonyl (C=O) groups is 1. The van der Waals surface area contributed by atoms with Gasteiger partial charge in [-0.2, -0.15) is 0 Å². The molecule has 0 aliphatic heterocycles. The molecule has 17 heavy (non-hydrogen) atoms. The average molecular weight is 274 g/mol. The van der Waals surface area contributed by atoms with E-state index in [0.717, 1.165) is 0 Å². The lowest BCUT2D eigenvalue weighted by atomic mass is 10.1. The maximum Gasteiger partial charge on any atom is 0.320 e. The number of rotatable bonds is 3. The SMILES string of the molecule is Cl.NC(Cc1cc(F)c(F)c(F)c1F)C(=O)O. The van der Waals surface area contributed by atoms with Crippen LogP contribution in [0.25, 0.3) is 0 Å². The normalized spacial score (nSPS) is 11.8. The molecule has 0 saturated heterocycles. The summed E-state index contributed by atoms with van der Waals surface area (Å²) in [7, 11) is 0. The molecule has 1 unspecified atom stereocenters. The van der Waals surface area contributed by atoms with Gasteiger partial charge in [0.25, 0.3) is 0 Å². The molecular weight excluding hydrogens is 266 g/mol. The number of carboxylic acids is 1. The predicted molar refractivity (Wildman–Crippen MR) is 52.8 cm³/mol. The third-order valence-corrected chi connectivity index (χ3v) is 1.93. The van der Waals surface area contributed by atoms with E-state index in [1.54, 1.807) is 0 Å². The Labute approximate surface area is 99.6 Å². The Bertz CT molecular complexity index is 441. The van der Waals surface area contributed by atoms with Crippen molar-refractivity contribution in [2.24, 2.45) is 5.73 Å². The summed E-state index contributed by atoms with van der Waals surface area (Å²) in [6.45, 7) is 0. The van der Waals surface area contributed by atoms with Crippen molar-refractivity contribution < 1.29 is 27.5 Å². The van der Waals surface area contributed by atoms with Crippen LogP contribution in [0.3, 0.4) is 0 Å². The van der Waals surface area contributed by atoms with Crippen LogP contribution in [-0.2, 0) is 11.2 Å². The second-order valence-corrected chi connectivity index (χ2v) is 3.11. The summed E-state index contributed by atoms with van der Waals surface area (Å²) in [6.07, 6.45) is -0.630. The number of carboxylic acid groups (broad SMARTS) is 1.